The molecule has 1 heterocycles. The molecule has 1 atom stereocenters. The number of amides is 1. The molecule has 0 aliphatic carbocycles. The molecule has 0 spiro atoms. The highest BCUT2D eigenvalue weighted by molar-refractivity contribution is 6.23. The molecule has 3 rings (SSSR count). The number of non-ortho nitro benzene ring substituents is 1. The van der Waals surface area contributed by atoms with Crippen LogP contribution in [-0.4, -0.2) is 27.9 Å². The molecule has 0 radical (unpaired) electrons. The summed E-state index contributed by atoms with van der Waals surface area (Å²) in [5.74, 6) is -1.24. The van der Waals surface area contributed by atoms with Crippen molar-refractivity contribution in [3.8, 4) is 5.75 Å². The Morgan fingerprint density at radius 1 is 1.28 bits per heavy atom. The highest BCUT2D eigenvalue weighted by Crippen LogP contribution is 2.31. The third-order valence-electron chi connectivity index (χ3n) is 3.72. The number of phenols is 1. The summed E-state index contributed by atoms with van der Waals surface area (Å²) in [6, 6.07) is 12.6. The second-order valence-electron chi connectivity index (χ2n) is 5.41. The number of nitro benzene ring substituents is 1. The van der Waals surface area contributed by atoms with E-state index in [4.69, 9.17) is 0 Å². The third-order valence-corrected chi connectivity index (χ3v) is 3.72. The molecule has 0 saturated heterocycles. The van der Waals surface area contributed by atoms with E-state index in [1.165, 1.54) is 23.4 Å². The number of aromatic hydroxyl groups is 1. The summed E-state index contributed by atoms with van der Waals surface area (Å²) >= 11 is 0. The number of hydrogen-bond acceptors (Lipinski definition) is 6. The Morgan fingerprint density at radius 3 is 2.64 bits per heavy atom. The maximum atomic E-state index is 12.5. The number of carbonyl (C=O) groups is 1. The number of rotatable bonds is 4. The first kappa shape index (κ1) is 16.3. The third kappa shape index (κ3) is 3.23. The molecular formula is C17H14N4O4. The summed E-state index contributed by atoms with van der Waals surface area (Å²) in [6.45, 7) is 1.72. The number of benzene rings is 2. The van der Waals surface area contributed by atoms with Crippen molar-refractivity contribution in [2.24, 2.45) is 16.0 Å². The first-order chi connectivity index (χ1) is 12.0. The summed E-state index contributed by atoms with van der Waals surface area (Å²) in [7, 11) is 0. The van der Waals surface area contributed by atoms with Gasteiger partial charge in [-0.2, -0.15) is 10.1 Å². The molecule has 8 heteroatoms. The van der Waals surface area contributed by atoms with Gasteiger partial charge >= 0.3 is 0 Å². The van der Waals surface area contributed by atoms with E-state index in [-0.39, 0.29) is 23.0 Å². The zero-order chi connectivity index (χ0) is 18.0. The van der Waals surface area contributed by atoms with Gasteiger partial charge in [-0.25, -0.2) is 0 Å². The SMILES string of the molecule is CC1=NN(c2ccccc2)C(=O)[C@H]1C=Nc1ccc([N+](=O)[O-])cc1O. The van der Waals surface area contributed by atoms with Gasteiger partial charge in [0.1, 0.15) is 17.4 Å². The van der Waals surface area contributed by atoms with Crippen molar-refractivity contribution >= 4 is 34.9 Å². The van der Waals surface area contributed by atoms with Crippen LogP contribution >= 0.6 is 0 Å². The van der Waals surface area contributed by atoms with Gasteiger partial charge in [0.2, 0.25) is 0 Å². The van der Waals surface area contributed by atoms with E-state index in [0.29, 0.717) is 11.4 Å². The summed E-state index contributed by atoms with van der Waals surface area (Å²) in [5.41, 5.74) is 1.13. The molecule has 2 aromatic rings. The maximum Gasteiger partial charge on any atom is 0.273 e. The quantitative estimate of drug-likeness (QED) is 0.525. The second kappa shape index (κ2) is 6.52. The molecule has 0 bridgehead atoms. The minimum absolute atomic E-state index is 0.143. The molecule has 1 aliphatic rings. The Labute approximate surface area is 142 Å². The van der Waals surface area contributed by atoms with E-state index in [0.717, 1.165) is 6.07 Å². The Kier molecular flexibility index (Phi) is 4.25. The lowest BCUT2D eigenvalue weighted by atomic mass is 10.1. The molecule has 1 aliphatic heterocycles. The fourth-order valence-electron chi connectivity index (χ4n) is 2.39. The Hall–Kier alpha value is -3.55. The van der Waals surface area contributed by atoms with Crippen LogP contribution in [0.25, 0.3) is 0 Å². The normalized spacial score (nSPS) is 17.2. The van der Waals surface area contributed by atoms with Crippen LogP contribution in [0.4, 0.5) is 17.1 Å². The predicted molar refractivity (Wildman–Crippen MR) is 93.4 cm³/mol. The minimum Gasteiger partial charge on any atom is -0.505 e. The Balaban J connectivity index is 1.82. The number of carbonyl (C=O) groups excluding carboxylic acids is 1. The van der Waals surface area contributed by atoms with Crippen LogP contribution in [0.1, 0.15) is 6.92 Å². The van der Waals surface area contributed by atoms with Crippen molar-refractivity contribution in [3.05, 3.63) is 58.6 Å². The van der Waals surface area contributed by atoms with Gasteiger partial charge in [-0.15, -0.1) is 0 Å². The number of anilines is 1. The molecule has 2 aromatic carbocycles. The van der Waals surface area contributed by atoms with Crippen molar-refractivity contribution in [1.82, 2.24) is 0 Å². The molecule has 0 fully saturated rings. The lowest BCUT2D eigenvalue weighted by Gasteiger charge is -2.12. The fraction of sp³-hybridized carbons (Fsp3) is 0.118. The van der Waals surface area contributed by atoms with Gasteiger partial charge in [-0.1, -0.05) is 18.2 Å². The van der Waals surface area contributed by atoms with Crippen LogP contribution in [0.3, 0.4) is 0 Å². The molecule has 1 N–H and O–H groups in total. The number of aliphatic imine (C=N–C) groups is 1. The second-order valence-corrected chi connectivity index (χ2v) is 5.41. The minimum atomic E-state index is -0.658. The van der Waals surface area contributed by atoms with Crippen molar-refractivity contribution < 1.29 is 14.8 Å². The van der Waals surface area contributed by atoms with Crippen LogP contribution in [0.2, 0.25) is 0 Å². The van der Waals surface area contributed by atoms with Crippen LogP contribution in [0.15, 0.2) is 58.6 Å². The Bertz CT molecular complexity index is 893. The van der Waals surface area contributed by atoms with Gasteiger partial charge in [0, 0.05) is 12.3 Å². The van der Waals surface area contributed by atoms with E-state index in [9.17, 15) is 20.0 Å². The van der Waals surface area contributed by atoms with Crippen LogP contribution in [0.5, 0.6) is 5.75 Å². The fourth-order valence-corrected chi connectivity index (χ4v) is 2.39. The van der Waals surface area contributed by atoms with Crippen LogP contribution in [0, 0.1) is 16.0 Å². The predicted octanol–water partition coefficient (Wildman–Crippen LogP) is 3.04. The van der Waals surface area contributed by atoms with E-state index >= 15 is 0 Å². The van der Waals surface area contributed by atoms with E-state index in [1.54, 1.807) is 19.1 Å². The molecule has 126 valence electrons. The van der Waals surface area contributed by atoms with E-state index in [2.05, 4.69) is 10.1 Å². The van der Waals surface area contributed by atoms with Crippen molar-refractivity contribution in [2.75, 3.05) is 5.01 Å². The van der Waals surface area contributed by atoms with Crippen LogP contribution in [-0.2, 0) is 4.79 Å². The molecule has 0 aromatic heterocycles. The van der Waals surface area contributed by atoms with Gasteiger partial charge in [0.25, 0.3) is 11.6 Å². The topological polar surface area (TPSA) is 108 Å². The molecule has 25 heavy (non-hydrogen) atoms. The Morgan fingerprint density at radius 2 is 2.00 bits per heavy atom. The van der Waals surface area contributed by atoms with Gasteiger partial charge in [0.05, 0.1) is 22.4 Å². The van der Waals surface area contributed by atoms with Crippen molar-refractivity contribution in [2.45, 2.75) is 6.92 Å². The molecule has 0 unspecified atom stereocenters. The summed E-state index contributed by atoms with van der Waals surface area (Å²) < 4.78 is 0. The summed E-state index contributed by atoms with van der Waals surface area (Å²) in [5, 5.41) is 26.1. The van der Waals surface area contributed by atoms with Gasteiger partial charge < -0.3 is 5.11 Å². The monoisotopic (exact) mass is 338 g/mol. The number of phenolic OH excluding ortho intramolecular Hbond substituents is 1. The average molecular weight is 338 g/mol. The average Bonchev–Trinajstić information content (AvgIpc) is 2.89. The molecule has 0 saturated carbocycles. The standard InChI is InChI=1S/C17H14N4O4/c1-11-14(17(23)20(19-11)12-5-3-2-4-6-12)10-18-15-8-7-13(21(24)25)9-16(15)22/h2-10,14,22H,1H3/t14-/m0/s1. The zero-order valence-corrected chi connectivity index (χ0v) is 13.2. The first-order valence-corrected chi connectivity index (χ1v) is 7.43. The lowest BCUT2D eigenvalue weighted by Crippen LogP contribution is -2.27. The molecular weight excluding hydrogens is 324 g/mol. The molecule has 8 nitrogen and oxygen atoms in total. The van der Waals surface area contributed by atoms with Crippen molar-refractivity contribution in [3.63, 3.8) is 0 Å². The zero-order valence-electron chi connectivity index (χ0n) is 13.2. The number of hydrogen-bond donors (Lipinski definition) is 1. The van der Waals surface area contributed by atoms with E-state index < -0.39 is 10.8 Å². The smallest absolute Gasteiger partial charge is 0.273 e. The summed E-state index contributed by atoms with van der Waals surface area (Å²) in [6.07, 6.45) is 1.38. The number of hydrazone groups is 1. The highest BCUT2D eigenvalue weighted by Gasteiger charge is 2.33. The number of para-hydroxylation sites is 1. The van der Waals surface area contributed by atoms with Crippen LogP contribution < -0.4 is 5.01 Å². The van der Waals surface area contributed by atoms with Crippen molar-refractivity contribution in [1.29, 1.82) is 0 Å². The molecule has 1 amide bonds. The lowest BCUT2D eigenvalue weighted by molar-refractivity contribution is -0.384. The number of nitro groups is 1. The first-order valence-electron chi connectivity index (χ1n) is 7.43. The van der Waals surface area contributed by atoms with E-state index in [1.807, 2.05) is 18.2 Å². The van der Waals surface area contributed by atoms with Gasteiger partial charge in [0.15, 0.2) is 0 Å². The summed E-state index contributed by atoms with van der Waals surface area (Å²) in [4.78, 5) is 26.7. The highest BCUT2D eigenvalue weighted by atomic mass is 16.6. The van der Waals surface area contributed by atoms with Gasteiger partial charge in [-0.3, -0.25) is 19.9 Å². The number of nitrogens with zero attached hydrogens (tertiary/aromatic N) is 4. The maximum absolute atomic E-state index is 12.5. The van der Waals surface area contributed by atoms with Gasteiger partial charge in [-0.05, 0) is 25.1 Å². The largest absolute Gasteiger partial charge is 0.505 e.